The highest BCUT2D eigenvalue weighted by Crippen LogP contribution is 2.25. The highest BCUT2D eigenvalue weighted by molar-refractivity contribution is 6.32. The van der Waals surface area contributed by atoms with Crippen LogP contribution in [0.25, 0.3) is 0 Å². The number of halogens is 1. The molecule has 2 amide bonds. The maximum Gasteiger partial charge on any atom is 0.276 e. The number of rotatable bonds is 6. The van der Waals surface area contributed by atoms with Crippen LogP contribution in [0.1, 0.15) is 16.7 Å². The van der Waals surface area contributed by atoms with Crippen molar-refractivity contribution in [1.29, 1.82) is 0 Å². The van der Waals surface area contributed by atoms with Crippen molar-refractivity contribution in [2.75, 3.05) is 13.2 Å². The van der Waals surface area contributed by atoms with Gasteiger partial charge in [-0.3, -0.25) is 20.4 Å². The zero-order valence-corrected chi connectivity index (χ0v) is 15.6. The molecule has 0 heterocycles. The number of hydrazine groups is 1. The van der Waals surface area contributed by atoms with Gasteiger partial charge in [-0.25, -0.2) is 0 Å². The SMILES string of the molecule is Cc1ccc(Cl)c(OCC(=O)NNC(=O)COc2c(C)cccc2C)c1. The average molecular weight is 377 g/mol. The Morgan fingerprint density at radius 3 is 2.12 bits per heavy atom. The van der Waals surface area contributed by atoms with E-state index in [4.69, 9.17) is 21.1 Å². The van der Waals surface area contributed by atoms with Gasteiger partial charge in [-0.2, -0.15) is 0 Å². The van der Waals surface area contributed by atoms with Gasteiger partial charge in [-0.15, -0.1) is 0 Å². The van der Waals surface area contributed by atoms with Gasteiger partial charge in [0, 0.05) is 0 Å². The minimum absolute atomic E-state index is 0.212. The Balaban J connectivity index is 1.75. The summed E-state index contributed by atoms with van der Waals surface area (Å²) in [5.74, 6) is 0.0792. The molecular weight excluding hydrogens is 356 g/mol. The van der Waals surface area contributed by atoms with E-state index in [1.807, 2.05) is 45.0 Å². The molecule has 2 aromatic carbocycles. The van der Waals surface area contributed by atoms with E-state index in [-0.39, 0.29) is 13.2 Å². The summed E-state index contributed by atoms with van der Waals surface area (Å²) < 4.78 is 10.9. The summed E-state index contributed by atoms with van der Waals surface area (Å²) in [5, 5.41) is 0.412. The lowest BCUT2D eigenvalue weighted by Crippen LogP contribution is -2.45. The Kier molecular flexibility index (Phi) is 6.86. The third-order valence-corrected chi connectivity index (χ3v) is 3.86. The number of aryl methyl sites for hydroxylation is 3. The van der Waals surface area contributed by atoms with Crippen LogP contribution in [0.2, 0.25) is 5.02 Å². The van der Waals surface area contributed by atoms with Crippen molar-refractivity contribution in [3.63, 3.8) is 0 Å². The number of hydrogen-bond donors (Lipinski definition) is 2. The van der Waals surface area contributed by atoms with Crippen molar-refractivity contribution >= 4 is 23.4 Å². The van der Waals surface area contributed by atoms with Gasteiger partial charge in [0.05, 0.1) is 5.02 Å². The van der Waals surface area contributed by atoms with Crippen LogP contribution in [-0.4, -0.2) is 25.0 Å². The van der Waals surface area contributed by atoms with Crippen LogP contribution in [-0.2, 0) is 9.59 Å². The fourth-order valence-corrected chi connectivity index (χ4v) is 2.41. The summed E-state index contributed by atoms with van der Waals surface area (Å²) in [5.41, 5.74) is 7.37. The van der Waals surface area contributed by atoms with E-state index < -0.39 is 11.8 Å². The molecule has 0 radical (unpaired) electrons. The summed E-state index contributed by atoms with van der Waals surface area (Å²) in [4.78, 5) is 23.6. The second-order valence-electron chi connectivity index (χ2n) is 5.83. The van der Waals surface area contributed by atoms with E-state index >= 15 is 0 Å². The van der Waals surface area contributed by atoms with Gasteiger partial charge >= 0.3 is 0 Å². The molecule has 7 heteroatoms. The molecule has 0 saturated carbocycles. The summed E-state index contributed by atoms with van der Waals surface area (Å²) in [7, 11) is 0. The molecule has 0 unspecified atom stereocenters. The maximum atomic E-state index is 11.8. The van der Waals surface area contributed by atoms with Crippen molar-refractivity contribution in [2.24, 2.45) is 0 Å². The first-order valence-electron chi connectivity index (χ1n) is 8.02. The maximum absolute atomic E-state index is 11.8. The predicted molar refractivity (Wildman–Crippen MR) is 99.4 cm³/mol. The molecule has 0 aliphatic carbocycles. The predicted octanol–water partition coefficient (Wildman–Crippen LogP) is 2.87. The Morgan fingerprint density at radius 2 is 1.50 bits per heavy atom. The summed E-state index contributed by atoms with van der Waals surface area (Å²) in [6.07, 6.45) is 0. The fourth-order valence-electron chi connectivity index (χ4n) is 2.24. The first-order valence-corrected chi connectivity index (χ1v) is 8.40. The van der Waals surface area contributed by atoms with Crippen LogP contribution in [0.15, 0.2) is 36.4 Å². The molecule has 0 aliphatic rings. The van der Waals surface area contributed by atoms with E-state index in [0.29, 0.717) is 16.5 Å². The van der Waals surface area contributed by atoms with Crippen LogP contribution in [0.5, 0.6) is 11.5 Å². The number of benzene rings is 2. The molecule has 0 saturated heterocycles. The van der Waals surface area contributed by atoms with E-state index in [0.717, 1.165) is 16.7 Å². The lowest BCUT2D eigenvalue weighted by atomic mass is 10.1. The Morgan fingerprint density at radius 1 is 0.923 bits per heavy atom. The highest BCUT2D eigenvalue weighted by Gasteiger charge is 2.10. The van der Waals surface area contributed by atoms with Gasteiger partial charge in [-0.1, -0.05) is 35.9 Å². The standard InChI is InChI=1S/C19H21ClN2O4/c1-12-7-8-15(20)16(9-12)25-10-17(23)21-22-18(24)11-26-19-13(2)5-4-6-14(19)3/h4-9H,10-11H2,1-3H3,(H,21,23)(H,22,24). The molecule has 0 atom stereocenters. The second kappa shape index (κ2) is 9.10. The molecule has 2 N–H and O–H groups in total. The number of nitrogens with one attached hydrogen (secondary N) is 2. The number of hydrogen-bond acceptors (Lipinski definition) is 4. The molecule has 0 aliphatic heterocycles. The number of amides is 2. The quantitative estimate of drug-likeness (QED) is 0.760. The molecule has 6 nitrogen and oxygen atoms in total. The number of carbonyl (C=O) groups is 2. The molecule has 2 aromatic rings. The molecule has 0 bridgehead atoms. The van der Waals surface area contributed by atoms with Gasteiger partial charge in [0.25, 0.3) is 11.8 Å². The van der Waals surface area contributed by atoms with Crippen LogP contribution in [0.3, 0.4) is 0 Å². The Bertz CT molecular complexity index is 788. The minimum Gasteiger partial charge on any atom is -0.483 e. The third-order valence-electron chi connectivity index (χ3n) is 3.54. The van der Waals surface area contributed by atoms with Crippen molar-refractivity contribution in [3.8, 4) is 11.5 Å². The first kappa shape index (κ1) is 19.6. The minimum atomic E-state index is -0.511. The highest BCUT2D eigenvalue weighted by atomic mass is 35.5. The van der Waals surface area contributed by atoms with Gasteiger partial charge in [0.1, 0.15) is 11.5 Å². The van der Waals surface area contributed by atoms with E-state index in [9.17, 15) is 9.59 Å². The lowest BCUT2D eigenvalue weighted by Gasteiger charge is -2.13. The number of ether oxygens (including phenoxy) is 2. The zero-order chi connectivity index (χ0) is 19.1. The van der Waals surface area contributed by atoms with E-state index in [2.05, 4.69) is 10.9 Å². The number of carbonyl (C=O) groups excluding carboxylic acids is 2. The van der Waals surface area contributed by atoms with Gasteiger partial charge in [0.2, 0.25) is 0 Å². The zero-order valence-electron chi connectivity index (χ0n) is 14.9. The van der Waals surface area contributed by atoms with Crippen LogP contribution >= 0.6 is 11.6 Å². The molecule has 2 rings (SSSR count). The normalized spacial score (nSPS) is 10.2. The second-order valence-corrected chi connectivity index (χ2v) is 6.24. The van der Waals surface area contributed by atoms with E-state index in [1.165, 1.54) is 0 Å². The molecule has 0 spiro atoms. The summed E-state index contributed by atoms with van der Waals surface area (Å²) in [6, 6.07) is 11.0. The molecule has 138 valence electrons. The lowest BCUT2D eigenvalue weighted by molar-refractivity contribution is -0.131. The van der Waals surface area contributed by atoms with Crippen molar-refractivity contribution in [1.82, 2.24) is 10.9 Å². The van der Waals surface area contributed by atoms with Crippen LogP contribution < -0.4 is 20.3 Å². The molecule has 0 aromatic heterocycles. The fraction of sp³-hybridized carbons (Fsp3) is 0.263. The topological polar surface area (TPSA) is 76.7 Å². The molecular formula is C19H21ClN2O4. The first-order chi connectivity index (χ1) is 12.4. The van der Waals surface area contributed by atoms with Crippen molar-refractivity contribution in [3.05, 3.63) is 58.1 Å². The monoisotopic (exact) mass is 376 g/mol. The van der Waals surface area contributed by atoms with Crippen LogP contribution in [0.4, 0.5) is 0 Å². The Labute approximate surface area is 157 Å². The van der Waals surface area contributed by atoms with Gasteiger partial charge in [-0.05, 0) is 49.6 Å². The van der Waals surface area contributed by atoms with Crippen LogP contribution in [0, 0.1) is 20.8 Å². The smallest absolute Gasteiger partial charge is 0.276 e. The average Bonchev–Trinajstić information content (AvgIpc) is 2.60. The Hall–Kier alpha value is -2.73. The summed E-state index contributed by atoms with van der Waals surface area (Å²) >= 11 is 5.99. The molecule has 26 heavy (non-hydrogen) atoms. The molecule has 0 fully saturated rings. The summed E-state index contributed by atoms with van der Waals surface area (Å²) in [6.45, 7) is 5.20. The van der Waals surface area contributed by atoms with Crippen molar-refractivity contribution in [2.45, 2.75) is 20.8 Å². The van der Waals surface area contributed by atoms with Gasteiger partial charge < -0.3 is 9.47 Å². The largest absolute Gasteiger partial charge is 0.483 e. The third kappa shape index (κ3) is 5.67. The van der Waals surface area contributed by atoms with E-state index in [1.54, 1.807) is 12.1 Å². The van der Waals surface area contributed by atoms with Gasteiger partial charge in [0.15, 0.2) is 13.2 Å². The number of para-hydroxylation sites is 1. The van der Waals surface area contributed by atoms with Crippen molar-refractivity contribution < 1.29 is 19.1 Å².